The van der Waals surface area contributed by atoms with Crippen LogP contribution in [0.15, 0.2) is 11.4 Å². The topological polar surface area (TPSA) is 26.3 Å². The van der Waals surface area contributed by atoms with Crippen molar-refractivity contribution in [2.75, 3.05) is 7.11 Å². The summed E-state index contributed by atoms with van der Waals surface area (Å²) >= 11 is 1.63. The standard InChI is InChI=1S/C15H22O2S/c1-11-9-12(10-18-11)13(16)15(17-4)7-5-14(2,3)6-8-15/h9-10H,5-8H2,1-4H3. The van der Waals surface area contributed by atoms with Gasteiger partial charge in [-0.3, -0.25) is 4.79 Å². The van der Waals surface area contributed by atoms with Gasteiger partial charge >= 0.3 is 0 Å². The Balaban J connectivity index is 2.21. The van der Waals surface area contributed by atoms with Gasteiger partial charge in [-0.2, -0.15) is 0 Å². The fourth-order valence-electron chi connectivity index (χ4n) is 2.68. The van der Waals surface area contributed by atoms with Crippen LogP contribution >= 0.6 is 11.3 Å². The molecule has 100 valence electrons. The Labute approximate surface area is 113 Å². The van der Waals surface area contributed by atoms with Crippen molar-refractivity contribution in [3.05, 3.63) is 21.9 Å². The summed E-state index contributed by atoms with van der Waals surface area (Å²) in [6.07, 6.45) is 3.78. The molecule has 1 fully saturated rings. The van der Waals surface area contributed by atoms with Gasteiger partial charge < -0.3 is 4.74 Å². The van der Waals surface area contributed by atoms with Gasteiger partial charge in [-0.15, -0.1) is 11.3 Å². The lowest BCUT2D eigenvalue weighted by Crippen LogP contribution is -2.45. The predicted molar refractivity (Wildman–Crippen MR) is 75.4 cm³/mol. The molecule has 0 aromatic carbocycles. The summed E-state index contributed by atoms with van der Waals surface area (Å²) in [4.78, 5) is 13.8. The third kappa shape index (κ3) is 2.52. The molecule has 0 amide bonds. The van der Waals surface area contributed by atoms with Crippen molar-refractivity contribution >= 4 is 17.1 Å². The lowest BCUT2D eigenvalue weighted by molar-refractivity contribution is -0.0382. The molecule has 0 aliphatic heterocycles. The van der Waals surface area contributed by atoms with Crippen molar-refractivity contribution in [2.45, 2.75) is 52.1 Å². The van der Waals surface area contributed by atoms with Gasteiger partial charge in [-0.25, -0.2) is 0 Å². The first-order valence-corrected chi connectivity index (χ1v) is 7.42. The summed E-state index contributed by atoms with van der Waals surface area (Å²) in [5.74, 6) is 0.171. The quantitative estimate of drug-likeness (QED) is 0.765. The van der Waals surface area contributed by atoms with E-state index in [-0.39, 0.29) is 5.78 Å². The molecule has 2 rings (SSSR count). The van der Waals surface area contributed by atoms with Gasteiger partial charge in [-0.1, -0.05) is 13.8 Å². The molecule has 0 N–H and O–H groups in total. The number of carbonyl (C=O) groups excluding carboxylic acids is 1. The molecule has 0 unspecified atom stereocenters. The number of ether oxygens (including phenoxy) is 1. The smallest absolute Gasteiger partial charge is 0.195 e. The SMILES string of the molecule is COC1(C(=O)c2csc(C)c2)CCC(C)(C)CC1. The van der Waals surface area contributed by atoms with Crippen LogP contribution in [0.1, 0.15) is 54.8 Å². The van der Waals surface area contributed by atoms with E-state index in [2.05, 4.69) is 13.8 Å². The molecular formula is C15H22O2S. The summed E-state index contributed by atoms with van der Waals surface area (Å²) in [5, 5.41) is 1.96. The van der Waals surface area contributed by atoms with Crippen LogP contribution in [-0.2, 0) is 4.74 Å². The van der Waals surface area contributed by atoms with Crippen molar-refractivity contribution in [3.8, 4) is 0 Å². The van der Waals surface area contributed by atoms with Crippen molar-refractivity contribution in [2.24, 2.45) is 5.41 Å². The van der Waals surface area contributed by atoms with Gasteiger partial charge in [0.25, 0.3) is 0 Å². The van der Waals surface area contributed by atoms with Crippen LogP contribution in [0.2, 0.25) is 0 Å². The van der Waals surface area contributed by atoms with Gasteiger partial charge in [0.1, 0.15) is 5.60 Å². The summed E-state index contributed by atoms with van der Waals surface area (Å²) in [6.45, 7) is 6.57. The second-order valence-electron chi connectivity index (χ2n) is 6.14. The minimum Gasteiger partial charge on any atom is -0.370 e. The number of hydrogen-bond donors (Lipinski definition) is 0. The maximum atomic E-state index is 12.7. The monoisotopic (exact) mass is 266 g/mol. The van der Waals surface area contributed by atoms with Crippen LogP contribution in [0.3, 0.4) is 0 Å². The molecule has 1 aromatic rings. The number of methoxy groups -OCH3 is 1. The third-order valence-corrected chi connectivity index (χ3v) is 5.07. The Kier molecular flexibility index (Phi) is 3.65. The molecule has 0 saturated heterocycles. The van der Waals surface area contributed by atoms with E-state index in [9.17, 15) is 4.79 Å². The normalized spacial score (nSPS) is 21.8. The Morgan fingerprint density at radius 1 is 1.28 bits per heavy atom. The lowest BCUT2D eigenvalue weighted by atomic mass is 9.69. The van der Waals surface area contributed by atoms with Gasteiger partial charge in [0.2, 0.25) is 0 Å². The average Bonchev–Trinajstić information content (AvgIpc) is 2.76. The zero-order chi connectivity index (χ0) is 13.4. The molecule has 1 heterocycles. The summed E-state index contributed by atoms with van der Waals surface area (Å²) in [6, 6.07) is 1.98. The Morgan fingerprint density at radius 2 is 1.89 bits per heavy atom. The number of hydrogen-bond acceptors (Lipinski definition) is 3. The molecule has 2 nitrogen and oxygen atoms in total. The van der Waals surface area contributed by atoms with Gasteiger partial charge in [0, 0.05) is 22.9 Å². The average molecular weight is 266 g/mol. The zero-order valence-electron chi connectivity index (χ0n) is 11.7. The molecule has 0 atom stereocenters. The molecule has 1 aliphatic rings. The summed E-state index contributed by atoms with van der Waals surface area (Å²) in [7, 11) is 1.68. The van der Waals surface area contributed by atoms with E-state index in [4.69, 9.17) is 4.74 Å². The first-order valence-electron chi connectivity index (χ1n) is 6.54. The molecule has 0 bridgehead atoms. The number of carbonyl (C=O) groups is 1. The van der Waals surface area contributed by atoms with Crippen LogP contribution in [0, 0.1) is 12.3 Å². The van der Waals surface area contributed by atoms with Gasteiger partial charge in [0.05, 0.1) is 0 Å². The zero-order valence-corrected chi connectivity index (χ0v) is 12.5. The van der Waals surface area contributed by atoms with E-state index in [1.807, 2.05) is 18.4 Å². The minimum absolute atomic E-state index is 0.171. The predicted octanol–water partition coefficient (Wildman–Crippen LogP) is 4.22. The molecular weight excluding hydrogens is 244 g/mol. The van der Waals surface area contributed by atoms with Crippen molar-refractivity contribution in [3.63, 3.8) is 0 Å². The Morgan fingerprint density at radius 3 is 2.33 bits per heavy atom. The van der Waals surface area contributed by atoms with E-state index in [1.165, 1.54) is 4.88 Å². The number of ketones is 1. The molecule has 18 heavy (non-hydrogen) atoms. The van der Waals surface area contributed by atoms with Crippen molar-refractivity contribution in [1.29, 1.82) is 0 Å². The fourth-order valence-corrected chi connectivity index (χ4v) is 3.36. The first kappa shape index (κ1) is 13.8. The van der Waals surface area contributed by atoms with Crippen LogP contribution < -0.4 is 0 Å². The number of aryl methyl sites for hydroxylation is 1. The fraction of sp³-hybridized carbons (Fsp3) is 0.667. The van der Waals surface area contributed by atoms with Crippen LogP contribution in [0.25, 0.3) is 0 Å². The number of rotatable bonds is 3. The highest BCUT2D eigenvalue weighted by molar-refractivity contribution is 7.10. The van der Waals surface area contributed by atoms with E-state index < -0.39 is 5.60 Å². The molecule has 1 saturated carbocycles. The van der Waals surface area contributed by atoms with E-state index in [1.54, 1.807) is 18.4 Å². The van der Waals surface area contributed by atoms with Crippen LogP contribution in [0.5, 0.6) is 0 Å². The van der Waals surface area contributed by atoms with E-state index >= 15 is 0 Å². The van der Waals surface area contributed by atoms with Crippen LogP contribution in [0.4, 0.5) is 0 Å². The Bertz CT molecular complexity index is 435. The number of thiophene rings is 1. The van der Waals surface area contributed by atoms with E-state index in [0.717, 1.165) is 31.2 Å². The molecule has 1 aliphatic carbocycles. The largest absolute Gasteiger partial charge is 0.370 e. The highest BCUT2D eigenvalue weighted by Gasteiger charge is 2.44. The Hall–Kier alpha value is -0.670. The highest BCUT2D eigenvalue weighted by atomic mass is 32.1. The second kappa shape index (κ2) is 4.78. The first-order chi connectivity index (χ1) is 8.38. The van der Waals surface area contributed by atoms with Crippen molar-refractivity contribution in [1.82, 2.24) is 0 Å². The third-order valence-electron chi connectivity index (χ3n) is 4.21. The maximum absolute atomic E-state index is 12.7. The van der Waals surface area contributed by atoms with Gasteiger partial charge in [-0.05, 0) is 44.1 Å². The van der Waals surface area contributed by atoms with E-state index in [0.29, 0.717) is 5.41 Å². The number of Topliss-reactive ketones (excluding diaryl/α,β-unsaturated/α-hetero) is 1. The molecule has 0 spiro atoms. The summed E-state index contributed by atoms with van der Waals surface area (Å²) < 4.78 is 5.65. The minimum atomic E-state index is -0.580. The molecule has 0 radical (unpaired) electrons. The van der Waals surface area contributed by atoms with Crippen LogP contribution in [-0.4, -0.2) is 18.5 Å². The highest BCUT2D eigenvalue weighted by Crippen LogP contribution is 2.43. The molecule has 3 heteroatoms. The maximum Gasteiger partial charge on any atom is 0.195 e. The van der Waals surface area contributed by atoms with Gasteiger partial charge in [0.15, 0.2) is 5.78 Å². The molecule has 1 aromatic heterocycles. The van der Waals surface area contributed by atoms with Crippen molar-refractivity contribution < 1.29 is 9.53 Å². The second-order valence-corrected chi connectivity index (χ2v) is 7.25. The summed E-state index contributed by atoms with van der Waals surface area (Å²) in [5.41, 5.74) is 0.578. The lowest BCUT2D eigenvalue weighted by Gasteiger charge is -2.41.